The number of nitrogens with one attached hydrogen (secondary N) is 3. The lowest BCUT2D eigenvalue weighted by Crippen LogP contribution is -2.46. The summed E-state index contributed by atoms with van der Waals surface area (Å²) < 4.78 is 24.3. The standard InChI is InChI=1S/C13H28N4O2S/c1-4-13(7-5-8-13)11-16-12(14-2)15-9-6-10-17-20(3,18)19/h17H,4-11H2,1-3H3,(H2,14,15,16). The van der Waals surface area contributed by atoms with Crippen molar-refractivity contribution in [2.45, 2.75) is 39.0 Å². The molecule has 0 spiro atoms. The van der Waals surface area contributed by atoms with Crippen molar-refractivity contribution >= 4 is 16.0 Å². The van der Waals surface area contributed by atoms with E-state index in [-0.39, 0.29) is 0 Å². The van der Waals surface area contributed by atoms with Gasteiger partial charge in [-0.05, 0) is 31.1 Å². The molecule has 0 aromatic heterocycles. The molecule has 6 nitrogen and oxygen atoms in total. The van der Waals surface area contributed by atoms with Crippen LogP contribution in [0.2, 0.25) is 0 Å². The molecule has 3 N–H and O–H groups in total. The third-order valence-electron chi connectivity index (χ3n) is 4.03. The van der Waals surface area contributed by atoms with E-state index < -0.39 is 10.0 Å². The van der Waals surface area contributed by atoms with Crippen molar-refractivity contribution in [1.82, 2.24) is 15.4 Å². The molecule has 0 atom stereocenters. The molecule has 0 aliphatic heterocycles. The molecule has 20 heavy (non-hydrogen) atoms. The number of hydrogen-bond donors (Lipinski definition) is 3. The second-order valence-corrected chi connectivity index (χ2v) is 7.41. The molecule has 0 amide bonds. The summed E-state index contributed by atoms with van der Waals surface area (Å²) in [5.74, 6) is 0.795. The number of aliphatic imine (C=N–C) groups is 1. The molecular weight excluding hydrogens is 276 g/mol. The van der Waals surface area contributed by atoms with E-state index in [9.17, 15) is 8.42 Å². The van der Waals surface area contributed by atoms with Crippen molar-refractivity contribution in [3.63, 3.8) is 0 Å². The first-order valence-electron chi connectivity index (χ1n) is 7.30. The highest BCUT2D eigenvalue weighted by Crippen LogP contribution is 2.42. The predicted octanol–water partition coefficient (Wildman–Crippen LogP) is 0.671. The highest BCUT2D eigenvalue weighted by atomic mass is 32.2. The fourth-order valence-electron chi connectivity index (χ4n) is 2.38. The average molecular weight is 304 g/mol. The molecule has 1 aliphatic carbocycles. The molecule has 1 rings (SSSR count). The molecule has 1 aliphatic rings. The van der Waals surface area contributed by atoms with Gasteiger partial charge in [-0.1, -0.05) is 13.3 Å². The maximum Gasteiger partial charge on any atom is 0.208 e. The molecule has 1 saturated carbocycles. The first kappa shape index (κ1) is 17.2. The molecule has 0 radical (unpaired) electrons. The van der Waals surface area contributed by atoms with Crippen LogP contribution < -0.4 is 15.4 Å². The van der Waals surface area contributed by atoms with E-state index in [1.807, 2.05) is 0 Å². The zero-order valence-electron chi connectivity index (χ0n) is 12.8. The van der Waals surface area contributed by atoms with Crippen LogP contribution in [0.5, 0.6) is 0 Å². The Bertz CT molecular complexity index is 411. The Kier molecular flexibility index (Phi) is 6.75. The molecular formula is C13H28N4O2S. The first-order valence-corrected chi connectivity index (χ1v) is 9.19. The predicted molar refractivity (Wildman–Crippen MR) is 83.4 cm³/mol. The van der Waals surface area contributed by atoms with Gasteiger partial charge in [0, 0.05) is 26.7 Å². The molecule has 0 aromatic carbocycles. The van der Waals surface area contributed by atoms with Crippen molar-refractivity contribution in [2.75, 3.05) is 32.9 Å². The summed E-state index contributed by atoms with van der Waals surface area (Å²) in [4.78, 5) is 4.19. The van der Waals surface area contributed by atoms with E-state index in [0.717, 1.165) is 18.9 Å². The molecule has 1 fully saturated rings. The van der Waals surface area contributed by atoms with Crippen LogP contribution in [0.15, 0.2) is 4.99 Å². The normalized spacial score (nSPS) is 18.4. The first-order chi connectivity index (χ1) is 9.41. The van der Waals surface area contributed by atoms with Crippen molar-refractivity contribution in [3.8, 4) is 0 Å². The van der Waals surface area contributed by atoms with Gasteiger partial charge >= 0.3 is 0 Å². The van der Waals surface area contributed by atoms with Crippen LogP contribution in [0.3, 0.4) is 0 Å². The third kappa shape index (κ3) is 6.09. The summed E-state index contributed by atoms with van der Waals surface area (Å²) in [6.07, 6.45) is 7.03. The molecule has 0 unspecified atom stereocenters. The number of guanidine groups is 1. The average Bonchev–Trinajstić information content (AvgIpc) is 2.33. The Balaban J connectivity index is 2.17. The van der Waals surface area contributed by atoms with Gasteiger partial charge < -0.3 is 10.6 Å². The maximum absolute atomic E-state index is 10.9. The van der Waals surface area contributed by atoms with E-state index in [2.05, 4.69) is 27.3 Å². The maximum atomic E-state index is 10.9. The van der Waals surface area contributed by atoms with Gasteiger partial charge in [0.25, 0.3) is 0 Å². The van der Waals surface area contributed by atoms with Gasteiger partial charge in [-0.2, -0.15) is 0 Å². The van der Waals surface area contributed by atoms with Gasteiger partial charge in [0.2, 0.25) is 10.0 Å². The van der Waals surface area contributed by atoms with Crippen LogP contribution in [0.1, 0.15) is 39.0 Å². The van der Waals surface area contributed by atoms with Gasteiger partial charge in [-0.3, -0.25) is 4.99 Å². The van der Waals surface area contributed by atoms with Crippen molar-refractivity contribution in [1.29, 1.82) is 0 Å². The summed E-state index contributed by atoms with van der Waals surface area (Å²) in [5.41, 5.74) is 0.454. The molecule has 0 heterocycles. The van der Waals surface area contributed by atoms with Crippen LogP contribution >= 0.6 is 0 Å². The highest BCUT2D eigenvalue weighted by Gasteiger charge is 2.34. The van der Waals surface area contributed by atoms with E-state index in [4.69, 9.17) is 0 Å². The Morgan fingerprint density at radius 2 is 1.95 bits per heavy atom. The van der Waals surface area contributed by atoms with Crippen molar-refractivity contribution in [2.24, 2.45) is 10.4 Å². The number of rotatable bonds is 8. The summed E-state index contributed by atoms with van der Waals surface area (Å²) in [7, 11) is -1.33. The van der Waals surface area contributed by atoms with E-state index in [1.165, 1.54) is 31.9 Å². The molecule has 0 bridgehead atoms. The van der Waals surface area contributed by atoms with Crippen LogP contribution in [0, 0.1) is 5.41 Å². The Labute approximate surface area is 122 Å². The Morgan fingerprint density at radius 1 is 1.25 bits per heavy atom. The Morgan fingerprint density at radius 3 is 2.40 bits per heavy atom. The van der Waals surface area contributed by atoms with Gasteiger partial charge in [0.15, 0.2) is 5.96 Å². The van der Waals surface area contributed by atoms with Crippen LogP contribution in [0.4, 0.5) is 0 Å². The second kappa shape index (κ2) is 7.83. The zero-order valence-corrected chi connectivity index (χ0v) is 13.6. The van der Waals surface area contributed by atoms with Gasteiger partial charge in [0.1, 0.15) is 0 Å². The number of nitrogens with zero attached hydrogens (tertiary/aromatic N) is 1. The minimum atomic E-state index is -3.08. The smallest absolute Gasteiger partial charge is 0.208 e. The molecule has 0 aromatic rings. The van der Waals surface area contributed by atoms with E-state index in [0.29, 0.717) is 18.5 Å². The van der Waals surface area contributed by atoms with Crippen LogP contribution in [-0.4, -0.2) is 47.3 Å². The van der Waals surface area contributed by atoms with Crippen LogP contribution in [0.25, 0.3) is 0 Å². The minimum Gasteiger partial charge on any atom is -0.356 e. The second-order valence-electron chi connectivity index (χ2n) is 5.58. The molecule has 118 valence electrons. The topological polar surface area (TPSA) is 82.6 Å². The van der Waals surface area contributed by atoms with Gasteiger partial charge in [-0.25, -0.2) is 13.1 Å². The lowest BCUT2D eigenvalue weighted by molar-refractivity contribution is 0.131. The summed E-state index contributed by atoms with van der Waals surface area (Å²) in [6.45, 7) is 4.35. The Hall–Kier alpha value is -0.820. The largest absolute Gasteiger partial charge is 0.356 e. The fourth-order valence-corrected chi connectivity index (χ4v) is 2.89. The molecule has 7 heteroatoms. The molecule has 0 saturated heterocycles. The minimum absolute atomic E-state index is 0.446. The lowest BCUT2D eigenvalue weighted by Gasteiger charge is -2.41. The summed E-state index contributed by atoms with van der Waals surface area (Å²) in [5, 5.41) is 6.58. The third-order valence-corrected chi connectivity index (χ3v) is 4.76. The monoisotopic (exact) mass is 304 g/mol. The van der Waals surface area contributed by atoms with E-state index >= 15 is 0 Å². The number of sulfonamides is 1. The fraction of sp³-hybridized carbons (Fsp3) is 0.923. The lowest BCUT2D eigenvalue weighted by atomic mass is 9.67. The number of hydrogen-bond acceptors (Lipinski definition) is 3. The van der Waals surface area contributed by atoms with Crippen molar-refractivity contribution in [3.05, 3.63) is 0 Å². The quantitative estimate of drug-likeness (QED) is 0.350. The van der Waals surface area contributed by atoms with Gasteiger partial charge in [-0.15, -0.1) is 0 Å². The SMILES string of the molecule is CCC1(CNC(=NC)NCCCNS(C)(=O)=O)CCC1. The highest BCUT2D eigenvalue weighted by molar-refractivity contribution is 7.88. The van der Waals surface area contributed by atoms with Crippen LogP contribution in [-0.2, 0) is 10.0 Å². The van der Waals surface area contributed by atoms with E-state index in [1.54, 1.807) is 7.05 Å². The van der Waals surface area contributed by atoms with Crippen molar-refractivity contribution < 1.29 is 8.42 Å². The summed E-state index contributed by atoms with van der Waals surface area (Å²) >= 11 is 0. The summed E-state index contributed by atoms with van der Waals surface area (Å²) in [6, 6.07) is 0. The zero-order chi connectivity index (χ0) is 15.1. The van der Waals surface area contributed by atoms with Gasteiger partial charge in [0.05, 0.1) is 6.26 Å².